The molecule has 7 nitrogen and oxygen atoms in total. The summed E-state index contributed by atoms with van der Waals surface area (Å²) < 4.78 is 10.7. The van der Waals surface area contributed by atoms with Gasteiger partial charge in [-0.3, -0.25) is 4.79 Å². The Morgan fingerprint density at radius 2 is 2.08 bits per heavy atom. The van der Waals surface area contributed by atoms with Gasteiger partial charge in [-0.05, 0) is 31.9 Å². The number of ether oxygens (including phenoxy) is 1. The SMILES string of the molecule is COc1ccccc1C1CNC(=O)c2nc(-c3c(C)noc3C)[nH]c2C1. The lowest BCUT2D eigenvalue weighted by molar-refractivity contribution is 0.0950. The first-order valence-electron chi connectivity index (χ1n) is 8.51. The number of nitrogens with zero attached hydrogens (tertiary/aromatic N) is 2. The molecule has 3 aromatic rings. The molecule has 7 heteroatoms. The lowest BCUT2D eigenvalue weighted by Gasteiger charge is -2.17. The maximum absolute atomic E-state index is 12.5. The molecule has 2 N–H and O–H groups in total. The molecule has 0 radical (unpaired) electrons. The third-order valence-electron chi connectivity index (χ3n) is 4.80. The molecule has 0 fully saturated rings. The predicted molar refractivity (Wildman–Crippen MR) is 95.3 cm³/mol. The minimum absolute atomic E-state index is 0.0920. The Morgan fingerprint density at radius 3 is 2.81 bits per heavy atom. The number of aromatic nitrogens is 3. The third-order valence-corrected chi connectivity index (χ3v) is 4.80. The number of rotatable bonds is 3. The topological polar surface area (TPSA) is 93.0 Å². The van der Waals surface area contributed by atoms with E-state index in [4.69, 9.17) is 9.26 Å². The summed E-state index contributed by atoms with van der Waals surface area (Å²) in [7, 11) is 1.66. The van der Waals surface area contributed by atoms with E-state index in [0.29, 0.717) is 30.2 Å². The number of aryl methyl sites for hydroxylation is 2. The quantitative estimate of drug-likeness (QED) is 0.756. The number of para-hydroxylation sites is 1. The number of carbonyl (C=O) groups excluding carboxylic acids is 1. The summed E-state index contributed by atoms with van der Waals surface area (Å²) in [5, 5.41) is 6.94. The van der Waals surface area contributed by atoms with Crippen molar-refractivity contribution < 1.29 is 14.1 Å². The van der Waals surface area contributed by atoms with Gasteiger partial charge in [-0.2, -0.15) is 0 Å². The highest BCUT2D eigenvalue weighted by Crippen LogP contribution is 2.32. The molecule has 3 heterocycles. The second-order valence-electron chi connectivity index (χ2n) is 6.46. The Morgan fingerprint density at radius 1 is 1.27 bits per heavy atom. The van der Waals surface area contributed by atoms with E-state index in [1.165, 1.54) is 0 Å². The molecular weight excluding hydrogens is 332 g/mol. The molecule has 0 aliphatic carbocycles. The summed E-state index contributed by atoms with van der Waals surface area (Å²) in [6, 6.07) is 7.89. The van der Waals surface area contributed by atoms with Crippen LogP contribution >= 0.6 is 0 Å². The van der Waals surface area contributed by atoms with Crippen LogP contribution in [-0.2, 0) is 6.42 Å². The molecule has 134 valence electrons. The van der Waals surface area contributed by atoms with Gasteiger partial charge in [-0.1, -0.05) is 23.4 Å². The van der Waals surface area contributed by atoms with Gasteiger partial charge in [-0.15, -0.1) is 0 Å². The van der Waals surface area contributed by atoms with Crippen molar-refractivity contribution in [2.75, 3.05) is 13.7 Å². The fourth-order valence-electron chi connectivity index (χ4n) is 3.53. The molecule has 1 amide bonds. The van der Waals surface area contributed by atoms with Crippen LogP contribution in [0.4, 0.5) is 0 Å². The molecule has 0 saturated heterocycles. The highest BCUT2D eigenvalue weighted by molar-refractivity contribution is 5.94. The molecule has 1 aromatic carbocycles. The number of H-pyrrole nitrogens is 1. The van der Waals surface area contributed by atoms with Crippen molar-refractivity contribution in [2.45, 2.75) is 26.2 Å². The molecule has 1 unspecified atom stereocenters. The van der Waals surface area contributed by atoms with Crippen LogP contribution in [0, 0.1) is 13.8 Å². The van der Waals surface area contributed by atoms with Gasteiger partial charge in [0.05, 0.1) is 18.4 Å². The van der Waals surface area contributed by atoms with Crippen LogP contribution in [0.2, 0.25) is 0 Å². The summed E-state index contributed by atoms with van der Waals surface area (Å²) in [4.78, 5) is 20.4. The van der Waals surface area contributed by atoms with Crippen LogP contribution < -0.4 is 10.1 Å². The van der Waals surface area contributed by atoms with Gasteiger partial charge in [0.15, 0.2) is 0 Å². The van der Waals surface area contributed by atoms with Crippen LogP contribution in [0.25, 0.3) is 11.4 Å². The monoisotopic (exact) mass is 352 g/mol. The number of hydrogen-bond acceptors (Lipinski definition) is 5. The molecule has 4 rings (SSSR count). The maximum atomic E-state index is 12.5. The van der Waals surface area contributed by atoms with E-state index in [1.807, 2.05) is 38.1 Å². The third kappa shape index (κ3) is 2.65. The second kappa shape index (κ2) is 6.33. The van der Waals surface area contributed by atoms with Gasteiger partial charge >= 0.3 is 0 Å². The largest absolute Gasteiger partial charge is 0.496 e. The molecular formula is C19H20N4O3. The molecule has 0 spiro atoms. The molecule has 0 bridgehead atoms. The Balaban J connectivity index is 1.75. The summed E-state index contributed by atoms with van der Waals surface area (Å²) >= 11 is 0. The lowest BCUT2D eigenvalue weighted by atomic mass is 9.93. The molecule has 26 heavy (non-hydrogen) atoms. The standard InChI is InChI=1S/C19H20N4O3/c1-10-16(11(2)26-23-10)18-21-14-8-12(9-20-19(24)17(14)22-18)13-6-4-5-7-15(13)25-3/h4-7,12H,8-9H2,1-3H3,(H,20,24)(H,21,22). The van der Waals surface area contributed by atoms with Gasteiger partial charge in [-0.25, -0.2) is 4.98 Å². The number of carbonyl (C=O) groups is 1. The van der Waals surface area contributed by atoms with E-state index in [9.17, 15) is 4.79 Å². The number of benzene rings is 1. The van der Waals surface area contributed by atoms with Crippen LogP contribution in [0.3, 0.4) is 0 Å². The van der Waals surface area contributed by atoms with Gasteiger partial charge < -0.3 is 19.6 Å². The Labute approximate surface area is 150 Å². The fourth-order valence-corrected chi connectivity index (χ4v) is 3.53. The first-order valence-corrected chi connectivity index (χ1v) is 8.51. The number of aromatic amines is 1. The van der Waals surface area contributed by atoms with Crippen LogP contribution in [0.15, 0.2) is 28.8 Å². The number of nitrogens with one attached hydrogen (secondary N) is 2. The van der Waals surface area contributed by atoms with E-state index in [-0.39, 0.29) is 11.8 Å². The minimum Gasteiger partial charge on any atom is -0.496 e. The summed E-state index contributed by atoms with van der Waals surface area (Å²) in [5.41, 5.74) is 3.85. The molecule has 1 atom stereocenters. The average Bonchev–Trinajstić information content (AvgIpc) is 3.16. The normalized spacial score (nSPS) is 16.7. The number of amides is 1. The van der Waals surface area contributed by atoms with Gasteiger partial charge in [0, 0.05) is 18.2 Å². The zero-order chi connectivity index (χ0) is 18.3. The van der Waals surface area contributed by atoms with Crippen molar-refractivity contribution in [1.82, 2.24) is 20.4 Å². The van der Waals surface area contributed by atoms with Crippen LogP contribution in [0.5, 0.6) is 5.75 Å². The van der Waals surface area contributed by atoms with E-state index >= 15 is 0 Å². The van der Waals surface area contributed by atoms with E-state index in [0.717, 1.165) is 28.3 Å². The van der Waals surface area contributed by atoms with Gasteiger partial charge in [0.1, 0.15) is 23.0 Å². The van der Waals surface area contributed by atoms with Crippen LogP contribution in [-0.4, -0.2) is 34.7 Å². The fraction of sp³-hybridized carbons (Fsp3) is 0.316. The number of fused-ring (bicyclic) bond motifs is 1. The average molecular weight is 352 g/mol. The number of hydrogen-bond donors (Lipinski definition) is 2. The highest BCUT2D eigenvalue weighted by Gasteiger charge is 2.29. The first-order chi connectivity index (χ1) is 12.6. The van der Waals surface area contributed by atoms with Crippen LogP contribution in [0.1, 0.15) is 39.1 Å². The van der Waals surface area contributed by atoms with Crippen molar-refractivity contribution in [3.63, 3.8) is 0 Å². The second-order valence-corrected chi connectivity index (χ2v) is 6.46. The highest BCUT2D eigenvalue weighted by atomic mass is 16.5. The summed E-state index contributed by atoms with van der Waals surface area (Å²) in [5.74, 6) is 2.02. The van der Waals surface area contributed by atoms with Gasteiger partial charge in [0.25, 0.3) is 5.91 Å². The summed E-state index contributed by atoms with van der Waals surface area (Å²) in [6.07, 6.45) is 0.658. The maximum Gasteiger partial charge on any atom is 0.271 e. The Bertz CT molecular complexity index is 954. The summed E-state index contributed by atoms with van der Waals surface area (Å²) in [6.45, 7) is 4.22. The van der Waals surface area contributed by atoms with Crippen molar-refractivity contribution in [1.29, 1.82) is 0 Å². The number of imidazole rings is 1. The zero-order valence-corrected chi connectivity index (χ0v) is 14.9. The van der Waals surface area contributed by atoms with Crippen molar-refractivity contribution in [3.8, 4) is 17.1 Å². The molecule has 2 aromatic heterocycles. The number of methoxy groups -OCH3 is 1. The predicted octanol–water partition coefficient (Wildman–Crippen LogP) is 2.76. The molecule has 0 saturated carbocycles. The minimum atomic E-state index is -0.174. The molecule has 1 aliphatic heterocycles. The lowest BCUT2D eigenvalue weighted by Crippen LogP contribution is -2.26. The smallest absolute Gasteiger partial charge is 0.271 e. The van der Waals surface area contributed by atoms with Crippen molar-refractivity contribution in [2.24, 2.45) is 0 Å². The van der Waals surface area contributed by atoms with Crippen molar-refractivity contribution in [3.05, 3.63) is 52.7 Å². The van der Waals surface area contributed by atoms with E-state index in [1.54, 1.807) is 7.11 Å². The molecule has 1 aliphatic rings. The van der Waals surface area contributed by atoms with Gasteiger partial charge in [0.2, 0.25) is 0 Å². The van der Waals surface area contributed by atoms with Crippen molar-refractivity contribution >= 4 is 5.91 Å². The first kappa shape index (κ1) is 16.4. The van der Waals surface area contributed by atoms with E-state index < -0.39 is 0 Å². The van der Waals surface area contributed by atoms with E-state index in [2.05, 4.69) is 20.4 Å². The zero-order valence-electron chi connectivity index (χ0n) is 14.9. The Kier molecular flexibility index (Phi) is 3.99. The Hall–Kier alpha value is -3.09.